The van der Waals surface area contributed by atoms with Crippen LogP contribution in [0.15, 0.2) is 12.4 Å². The Kier molecular flexibility index (Phi) is 2.07. The summed E-state index contributed by atoms with van der Waals surface area (Å²) in [7, 11) is 0. The van der Waals surface area contributed by atoms with Gasteiger partial charge in [-0.1, -0.05) is 0 Å². The number of amides is 1. The largest absolute Gasteiger partial charge is 0.289 e. The van der Waals surface area contributed by atoms with E-state index in [2.05, 4.69) is 9.97 Å². The highest BCUT2D eigenvalue weighted by Gasteiger charge is 2.11. The van der Waals surface area contributed by atoms with E-state index in [9.17, 15) is 9.18 Å². The van der Waals surface area contributed by atoms with Gasteiger partial charge in [-0.3, -0.25) is 10.2 Å². The van der Waals surface area contributed by atoms with Gasteiger partial charge in [-0.15, -0.1) is 0 Å². The molecule has 0 aromatic carbocycles. The number of hydrogen-bond donors (Lipinski definition) is 2. The van der Waals surface area contributed by atoms with Crippen LogP contribution in [0.2, 0.25) is 0 Å². The molecule has 1 amide bonds. The summed E-state index contributed by atoms with van der Waals surface area (Å²) in [6, 6.07) is 0. The van der Waals surface area contributed by atoms with E-state index < -0.39 is 17.5 Å². The average Bonchev–Trinajstić information content (AvgIpc) is 2.04. The Morgan fingerprint density at radius 2 is 2.18 bits per heavy atom. The quantitative estimate of drug-likeness (QED) is 0.317. The highest BCUT2D eigenvalue weighted by molar-refractivity contribution is 5.91. The monoisotopic (exact) mass is 156 g/mol. The molecule has 0 atom stereocenters. The van der Waals surface area contributed by atoms with Gasteiger partial charge in [0.2, 0.25) is 5.95 Å². The van der Waals surface area contributed by atoms with E-state index in [-0.39, 0.29) is 0 Å². The lowest BCUT2D eigenvalue weighted by atomic mass is 10.4. The number of nitrogens with two attached hydrogens (primary N) is 1. The maximum absolute atomic E-state index is 12.5. The van der Waals surface area contributed by atoms with Crippen LogP contribution in [0.1, 0.15) is 10.5 Å². The van der Waals surface area contributed by atoms with Crippen LogP contribution < -0.4 is 11.3 Å². The molecule has 0 aliphatic carbocycles. The van der Waals surface area contributed by atoms with E-state index in [0.29, 0.717) is 0 Å². The van der Waals surface area contributed by atoms with Crippen LogP contribution in [-0.4, -0.2) is 15.9 Å². The van der Waals surface area contributed by atoms with Gasteiger partial charge in [-0.2, -0.15) is 4.39 Å². The SMILES string of the molecule is NNC(=O)c1nccnc1F. The number of halogens is 1. The fourth-order valence-electron chi connectivity index (χ4n) is 0.542. The molecule has 11 heavy (non-hydrogen) atoms. The molecule has 0 aliphatic rings. The predicted molar refractivity (Wildman–Crippen MR) is 33.6 cm³/mol. The van der Waals surface area contributed by atoms with Crippen LogP contribution in [0.25, 0.3) is 0 Å². The predicted octanol–water partition coefficient (Wildman–Crippen LogP) is -0.781. The standard InChI is InChI=1S/C5H5FN4O/c6-4-3(5(11)10-7)8-1-2-9-4/h1-2H,7H2,(H,10,11). The first kappa shape index (κ1) is 7.55. The fraction of sp³-hybridized carbons (Fsp3) is 0. The zero-order chi connectivity index (χ0) is 8.27. The number of hydrogen-bond acceptors (Lipinski definition) is 4. The zero-order valence-electron chi connectivity index (χ0n) is 5.41. The van der Waals surface area contributed by atoms with Crippen molar-refractivity contribution in [2.24, 2.45) is 5.84 Å². The van der Waals surface area contributed by atoms with Gasteiger partial charge in [0.15, 0.2) is 5.69 Å². The third kappa shape index (κ3) is 1.47. The molecule has 0 spiro atoms. The van der Waals surface area contributed by atoms with Crippen molar-refractivity contribution in [3.63, 3.8) is 0 Å². The third-order valence-electron chi connectivity index (χ3n) is 1.000. The first-order valence-corrected chi connectivity index (χ1v) is 2.73. The number of carbonyl (C=O) groups is 1. The molecule has 0 aliphatic heterocycles. The summed E-state index contributed by atoms with van der Waals surface area (Å²) in [6.45, 7) is 0. The molecule has 3 N–H and O–H groups in total. The highest BCUT2D eigenvalue weighted by atomic mass is 19.1. The second kappa shape index (κ2) is 3.02. The van der Waals surface area contributed by atoms with Crippen molar-refractivity contribution in [3.05, 3.63) is 24.0 Å². The molecule has 0 saturated carbocycles. The summed E-state index contributed by atoms with van der Waals surface area (Å²) in [5.41, 5.74) is 1.33. The number of aromatic nitrogens is 2. The molecule has 0 saturated heterocycles. The van der Waals surface area contributed by atoms with E-state index in [4.69, 9.17) is 5.84 Å². The van der Waals surface area contributed by atoms with E-state index >= 15 is 0 Å². The third-order valence-corrected chi connectivity index (χ3v) is 1.000. The Balaban J connectivity index is 3.03. The Hall–Kier alpha value is -1.56. The highest BCUT2D eigenvalue weighted by Crippen LogP contribution is 1.96. The van der Waals surface area contributed by atoms with Crippen molar-refractivity contribution in [2.45, 2.75) is 0 Å². The van der Waals surface area contributed by atoms with E-state index in [0.717, 1.165) is 6.20 Å². The van der Waals surface area contributed by atoms with Gasteiger partial charge in [0.05, 0.1) is 0 Å². The molecule has 1 heterocycles. The summed E-state index contributed by atoms with van der Waals surface area (Å²) in [5, 5.41) is 0. The zero-order valence-corrected chi connectivity index (χ0v) is 5.41. The van der Waals surface area contributed by atoms with E-state index in [1.165, 1.54) is 6.20 Å². The molecule has 1 aromatic rings. The Morgan fingerprint density at radius 3 is 2.73 bits per heavy atom. The Morgan fingerprint density at radius 1 is 1.55 bits per heavy atom. The molecule has 0 bridgehead atoms. The summed E-state index contributed by atoms with van der Waals surface area (Å²) >= 11 is 0. The maximum atomic E-state index is 12.5. The lowest BCUT2D eigenvalue weighted by Gasteiger charge is -1.96. The number of carbonyl (C=O) groups excluding carboxylic acids is 1. The summed E-state index contributed by atoms with van der Waals surface area (Å²) in [6.07, 6.45) is 2.34. The Bertz CT molecular complexity index is 277. The topological polar surface area (TPSA) is 80.9 Å². The van der Waals surface area contributed by atoms with Crippen molar-refractivity contribution in [1.29, 1.82) is 0 Å². The van der Waals surface area contributed by atoms with Crippen molar-refractivity contribution in [3.8, 4) is 0 Å². The lowest BCUT2D eigenvalue weighted by Crippen LogP contribution is -2.31. The first-order valence-electron chi connectivity index (χ1n) is 2.73. The number of rotatable bonds is 1. The molecule has 1 aromatic heterocycles. The van der Waals surface area contributed by atoms with Crippen LogP contribution in [0.3, 0.4) is 0 Å². The van der Waals surface area contributed by atoms with Crippen LogP contribution in [-0.2, 0) is 0 Å². The van der Waals surface area contributed by atoms with Gasteiger partial charge in [-0.05, 0) is 0 Å². The first-order chi connectivity index (χ1) is 5.25. The molecular weight excluding hydrogens is 151 g/mol. The van der Waals surface area contributed by atoms with Crippen molar-refractivity contribution >= 4 is 5.91 Å². The van der Waals surface area contributed by atoms with Gasteiger partial charge in [0.25, 0.3) is 5.91 Å². The number of nitrogen functional groups attached to an aromatic ring is 1. The molecule has 6 heteroatoms. The van der Waals surface area contributed by atoms with Gasteiger partial charge in [0, 0.05) is 12.4 Å². The van der Waals surface area contributed by atoms with Gasteiger partial charge < -0.3 is 0 Å². The molecule has 0 unspecified atom stereocenters. The van der Waals surface area contributed by atoms with E-state index in [1.807, 2.05) is 0 Å². The van der Waals surface area contributed by atoms with Crippen LogP contribution in [0, 0.1) is 5.95 Å². The minimum atomic E-state index is -0.935. The Labute approximate surface area is 61.4 Å². The van der Waals surface area contributed by atoms with Gasteiger partial charge >= 0.3 is 0 Å². The van der Waals surface area contributed by atoms with Gasteiger partial charge in [0.1, 0.15) is 0 Å². The van der Waals surface area contributed by atoms with Crippen LogP contribution >= 0.6 is 0 Å². The van der Waals surface area contributed by atoms with Crippen molar-refractivity contribution in [1.82, 2.24) is 15.4 Å². The summed E-state index contributed by atoms with van der Waals surface area (Å²) < 4.78 is 12.5. The van der Waals surface area contributed by atoms with Crippen LogP contribution in [0.5, 0.6) is 0 Å². The molecule has 0 fully saturated rings. The minimum absolute atomic E-state index is 0.407. The minimum Gasteiger partial charge on any atom is -0.289 e. The lowest BCUT2D eigenvalue weighted by molar-refractivity contribution is 0.0943. The van der Waals surface area contributed by atoms with Crippen molar-refractivity contribution in [2.75, 3.05) is 0 Å². The number of hydrazine groups is 1. The summed E-state index contributed by atoms with van der Waals surface area (Å²) in [4.78, 5) is 17.3. The smallest absolute Gasteiger partial charge is 0.288 e. The molecule has 0 radical (unpaired) electrons. The second-order valence-electron chi connectivity index (χ2n) is 1.67. The normalized spacial score (nSPS) is 9.27. The van der Waals surface area contributed by atoms with Crippen molar-refractivity contribution < 1.29 is 9.18 Å². The summed E-state index contributed by atoms with van der Waals surface area (Å²) in [5.74, 6) is 3.01. The number of nitrogens with one attached hydrogen (secondary N) is 1. The average molecular weight is 156 g/mol. The maximum Gasteiger partial charge on any atom is 0.288 e. The second-order valence-corrected chi connectivity index (χ2v) is 1.67. The molecule has 1 rings (SSSR count). The molecule has 58 valence electrons. The van der Waals surface area contributed by atoms with Gasteiger partial charge in [-0.25, -0.2) is 15.8 Å². The van der Waals surface area contributed by atoms with E-state index in [1.54, 1.807) is 5.43 Å². The molecular formula is C5H5FN4O. The number of nitrogens with zero attached hydrogens (tertiary/aromatic N) is 2. The molecule has 5 nitrogen and oxygen atoms in total. The fourth-order valence-corrected chi connectivity index (χ4v) is 0.542. The van der Waals surface area contributed by atoms with Crippen LogP contribution in [0.4, 0.5) is 4.39 Å².